The first-order valence-corrected chi connectivity index (χ1v) is 10.5. The van der Waals surface area contributed by atoms with E-state index in [9.17, 15) is 4.21 Å². The van der Waals surface area contributed by atoms with Gasteiger partial charge in [0.25, 0.3) is 0 Å². The highest BCUT2D eigenvalue weighted by atomic mass is 32.2. The van der Waals surface area contributed by atoms with Crippen molar-refractivity contribution in [3.8, 4) is 5.75 Å². The zero-order valence-electron chi connectivity index (χ0n) is 13.7. The van der Waals surface area contributed by atoms with Crippen LogP contribution in [0, 0.1) is 6.92 Å². The van der Waals surface area contributed by atoms with Crippen LogP contribution < -0.4 is 4.74 Å². The van der Waals surface area contributed by atoms with E-state index in [0.29, 0.717) is 17.4 Å². The Morgan fingerprint density at radius 2 is 2.09 bits per heavy atom. The van der Waals surface area contributed by atoms with Gasteiger partial charge < -0.3 is 4.74 Å². The zero-order valence-corrected chi connectivity index (χ0v) is 15.3. The van der Waals surface area contributed by atoms with E-state index in [2.05, 4.69) is 11.4 Å². The third-order valence-corrected chi connectivity index (χ3v) is 6.64. The summed E-state index contributed by atoms with van der Waals surface area (Å²) >= 11 is 1.73. The lowest BCUT2D eigenvalue weighted by Crippen LogP contribution is -2.02. The van der Waals surface area contributed by atoms with Gasteiger partial charge >= 0.3 is 0 Å². The number of aryl methyl sites for hydroxylation is 1. The van der Waals surface area contributed by atoms with Crippen LogP contribution in [0.3, 0.4) is 0 Å². The first-order valence-electron chi connectivity index (χ1n) is 8.08. The molecule has 0 N–H and O–H groups in total. The number of rotatable bonds is 6. The van der Waals surface area contributed by atoms with E-state index >= 15 is 0 Å². The molecule has 1 fully saturated rings. The summed E-state index contributed by atoms with van der Waals surface area (Å²) < 4.78 is 17.9. The largest absolute Gasteiger partial charge is 0.496 e. The van der Waals surface area contributed by atoms with E-state index in [1.165, 1.54) is 30.7 Å². The van der Waals surface area contributed by atoms with Crippen LogP contribution in [0.1, 0.15) is 53.4 Å². The minimum atomic E-state index is -0.966. The van der Waals surface area contributed by atoms with Crippen molar-refractivity contribution >= 4 is 22.1 Å². The highest BCUT2D eigenvalue weighted by Gasteiger charge is 2.20. The molecule has 0 radical (unpaired) electrons. The summed E-state index contributed by atoms with van der Waals surface area (Å²) in [6, 6.07) is 6.02. The molecule has 0 aliphatic heterocycles. The Labute approximate surface area is 144 Å². The predicted octanol–water partition coefficient (Wildman–Crippen LogP) is 4.57. The molecule has 3 nitrogen and oxygen atoms in total. The molecule has 3 rings (SSSR count). The van der Waals surface area contributed by atoms with E-state index < -0.39 is 10.8 Å². The first kappa shape index (κ1) is 16.7. The van der Waals surface area contributed by atoms with Crippen molar-refractivity contribution < 1.29 is 8.95 Å². The summed E-state index contributed by atoms with van der Waals surface area (Å²) in [6.45, 7) is 2.04. The number of aromatic nitrogens is 1. The average molecular weight is 350 g/mol. The lowest BCUT2D eigenvalue weighted by Gasteiger charge is -2.09. The van der Waals surface area contributed by atoms with Gasteiger partial charge in [0.05, 0.1) is 29.3 Å². The quantitative estimate of drug-likeness (QED) is 0.767. The highest BCUT2D eigenvalue weighted by Crippen LogP contribution is 2.35. The van der Waals surface area contributed by atoms with E-state index in [1.54, 1.807) is 18.4 Å². The van der Waals surface area contributed by atoms with Crippen LogP contribution >= 0.6 is 11.3 Å². The molecule has 0 amide bonds. The molecule has 0 bridgehead atoms. The SMILES string of the molecule is COc1ccc(C)cc1C[S@](=O)Cc1csc(C2CCCC2)n1. The maximum Gasteiger partial charge on any atom is 0.123 e. The third-order valence-electron chi connectivity index (χ3n) is 4.34. The minimum absolute atomic E-state index is 0.515. The van der Waals surface area contributed by atoms with Gasteiger partial charge in [-0.2, -0.15) is 0 Å². The molecule has 1 aromatic carbocycles. The maximum atomic E-state index is 12.5. The Morgan fingerprint density at radius 1 is 1.30 bits per heavy atom. The average Bonchev–Trinajstić information content (AvgIpc) is 3.18. The van der Waals surface area contributed by atoms with Crippen LogP contribution in [-0.2, 0) is 22.3 Å². The Balaban J connectivity index is 1.64. The number of thiazole rings is 1. The Morgan fingerprint density at radius 3 is 2.83 bits per heavy atom. The Bertz CT molecular complexity index is 690. The van der Waals surface area contributed by atoms with Crippen LogP contribution in [0.4, 0.5) is 0 Å². The number of nitrogens with zero attached hydrogens (tertiary/aromatic N) is 1. The van der Waals surface area contributed by atoms with Crippen LogP contribution in [0.15, 0.2) is 23.6 Å². The molecule has 2 aromatic rings. The van der Waals surface area contributed by atoms with Crippen molar-refractivity contribution in [1.82, 2.24) is 4.98 Å². The fourth-order valence-corrected chi connectivity index (χ4v) is 5.41. The van der Waals surface area contributed by atoms with Crippen molar-refractivity contribution in [1.29, 1.82) is 0 Å². The summed E-state index contributed by atoms with van der Waals surface area (Å²) in [7, 11) is 0.692. The van der Waals surface area contributed by atoms with Gasteiger partial charge in [-0.25, -0.2) is 4.98 Å². The lowest BCUT2D eigenvalue weighted by atomic mass is 10.1. The zero-order chi connectivity index (χ0) is 16.2. The Hall–Kier alpha value is -1.20. The van der Waals surface area contributed by atoms with E-state index in [0.717, 1.165) is 22.6 Å². The summed E-state index contributed by atoms with van der Waals surface area (Å²) in [4.78, 5) is 4.73. The number of hydrogen-bond acceptors (Lipinski definition) is 4. The molecular weight excluding hydrogens is 326 g/mol. The molecule has 1 saturated carbocycles. The number of benzene rings is 1. The summed E-state index contributed by atoms with van der Waals surface area (Å²) in [6.07, 6.45) is 5.16. The molecular formula is C18H23NO2S2. The third kappa shape index (κ3) is 4.21. The van der Waals surface area contributed by atoms with Crippen LogP contribution in [0.25, 0.3) is 0 Å². The lowest BCUT2D eigenvalue weighted by molar-refractivity contribution is 0.411. The first-order chi connectivity index (χ1) is 11.2. The topological polar surface area (TPSA) is 39.2 Å². The van der Waals surface area contributed by atoms with Gasteiger partial charge in [-0.1, -0.05) is 30.5 Å². The minimum Gasteiger partial charge on any atom is -0.496 e. The fraction of sp³-hybridized carbons (Fsp3) is 0.500. The van der Waals surface area contributed by atoms with Crippen molar-refractivity contribution in [2.24, 2.45) is 0 Å². The second kappa shape index (κ2) is 7.58. The molecule has 1 aliphatic carbocycles. The predicted molar refractivity (Wildman–Crippen MR) is 96.6 cm³/mol. The molecule has 1 aromatic heterocycles. The van der Waals surface area contributed by atoms with Crippen LogP contribution in [-0.4, -0.2) is 16.3 Å². The second-order valence-electron chi connectivity index (χ2n) is 6.20. The van der Waals surface area contributed by atoms with Gasteiger partial charge in [-0.3, -0.25) is 4.21 Å². The van der Waals surface area contributed by atoms with Gasteiger partial charge in [-0.05, 0) is 25.8 Å². The smallest absolute Gasteiger partial charge is 0.123 e. The number of ether oxygens (including phenoxy) is 1. The molecule has 0 spiro atoms. The molecule has 0 saturated heterocycles. The van der Waals surface area contributed by atoms with Crippen LogP contribution in [0.2, 0.25) is 0 Å². The summed E-state index contributed by atoms with van der Waals surface area (Å²) in [5.41, 5.74) is 3.15. The van der Waals surface area contributed by atoms with E-state index in [1.807, 2.05) is 19.1 Å². The summed E-state index contributed by atoms with van der Waals surface area (Å²) in [5.74, 6) is 2.49. The molecule has 1 heterocycles. The normalized spacial score (nSPS) is 16.6. The van der Waals surface area contributed by atoms with Crippen molar-refractivity contribution in [2.45, 2.75) is 50.0 Å². The maximum absolute atomic E-state index is 12.5. The molecule has 1 aliphatic rings. The van der Waals surface area contributed by atoms with Gasteiger partial charge in [0.2, 0.25) is 0 Å². The van der Waals surface area contributed by atoms with Crippen LogP contribution in [0.5, 0.6) is 5.75 Å². The number of hydrogen-bond donors (Lipinski definition) is 0. The molecule has 0 unspecified atom stereocenters. The van der Waals surface area contributed by atoms with Gasteiger partial charge in [-0.15, -0.1) is 11.3 Å². The van der Waals surface area contributed by atoms with Crippen molar-refractivity contribution in [3.63, 3.8) is 0 Å². The standard InChI is InChI=1S/C18H23NO2S2/c1-13-7-8-17(21-2)15(9-13)11-23(20)12-16-10-22-18(19-16)14-5-3-4-6-14/h7-10,14H,3-6,11-12H2,1-2H3/t23-/m0/s1. The van der Waals surface area contributed by atoms with E-state index in [4.69, 9.17) is 9.72 Å². The molecule has 23 heavy (non-hydrogen) atoms. The Kier molecular flexibility index (Phi) is 5.49. The molecule has 1 atom stereocenters. The summed E-state index contributed by atoms with van der Waals surface area (Å²) in [5, 5.41) is 3.32. The number of methoxy groups -OCH3 is 1. The van der Waals surface area contributed by atoms with Gasteiger partial charge in [0.1, 0.15) is 5.75 Å². The van der Waals surface area contributed by atoms with Gasteiger partial charge in [0.15, 0.2) is 0 Å². The monoisotopic (exact) mass is 349 g/mol. The van der Waals surface area contributed by atoms with Crippen molar-refractivity contribution in [3.05, 3.63) is 45.4 Å². The van der Waals surface area contributed by atoms with E-state index in [-0.39, 0.29) is 0 Å². The van der Waals surface area contributed by atoms with Gasteiger partial charge in [0, 0.05) is 27.7 Å². The second-order valence-corrected chi connectivity index (χ2v) is 8.55. The molecule has 5 heteroatoms. The molecule has 124 valence electrons. The highest BCUT2D eigenvalue weighted by molar-refractivity contribution is 7.83. The fourth-order valence-electron chi connectivity index (χ4n) is 3.16. The van der Waals surface area contributed by atoms with Crippen molar-refractivity contribution in [2.75, 3.05) is 7.11 Å².